The van der Waals surface area contributed by atoms with Crippen LogP contribution < -0.4 is 5.43 Å². The SMILES string of the molecule is CCOC(=O)c1c(NN(CC)CC)oc(C=C2C=Nc3ncccc32)c1O. The van der Waals surface area contributed by atoms with E-state index in [-0.39, 0.29) is 29.6 Å². The molecule has 2 aromatic rings. The van der Waals surface area contributed by atoms with E-state index < -0.39 is 5.97 Å². The summed E-state index contributed by atoms with van der Waals surface area (Å²) in [6.45, 7) is 7.19. The molecule has 0 atom stereocenters. The first-order valence-corrected chi connectivity index (χ1v) is 8.84. The zero-order valence-electron chi connectivity index (χ0n) is 15.5. The van der Waals surface area contributed by atoms with Crippen LogP contribution in [0.3, 0.4) is 0 Å². The van der Waals surface area contributed by atoms with E-state index >= 15 is 0 Å². The lowest BCUT2D eigenvalue weighted by Crippen LogP contribution is -2.29. The number of pyridine rings is 1. The molecule has 27 heavy (non-hydrogen) atoms. The number of nitrogens with one attached hydrogen (secondary N) is 1. The Bertz CT molecular complexity index is 897. The normalized spacial score (nSPS) is 14.0. The van der Waals surface area contributed by atoms with Gasteiger partial charge in [-0.25, -0.2) is 19.8 Å². The summed E-state index contributed by atoms with van der Waals surface area (Å²) in [5, 5.41) is 12.5. The molecule has 1 aliphatic heterocycles. The fourth-order valence-corrected chi connectivity index (χ4v) is 2.72. The number of rotatable bonds is 7. The third-order valence-electron chi connectivity index (χ3n) is 4.12. The van der Waals surface area contributed by atoms with Crippen molar-refractivity contribution in [3.63, 3.8) is 0 Å². The fraction of sp³-hybridized carbons (Fsp3) is 0.316. The molecule has 0 amide bonds. The number of carbonyl (C=O) groups excluding carboxylic acids is 1. The van der Waals surface area contributed by atoms with Crippen LogP contribution in [-0.2, 0) is 4.74 Å². The summed E-state index contributed by atoms with van der Waals surface area (Å²) in [5.74, 6) is -0.0443. The third-order valence-corrected chi connectivity index (χ3v) is 4.12. The quantitative estimate of drug-likeness (QED) is 0.568. The van der Waals surface area contributed by atoms with Gasteiger partial charge in [0, 0.05) is 36.6 Å². The predicted octanol–water partition coefficient (Wildman–Crippen LogP) is 3.48. The number of furan rings is 1. The highest BCUT2D eigenvalue weighted by Gasteiger charge is 2.27. The van der Waals surface area contributed by atoms with Crippen molar-refractivity contribution in [2.75, 3.05) is 25.1 Å². The second kappa shape index (κ2) is 8.05. The monoisotopic (exact) mass is 370 g/mol. The fourth-order valence-electron chi connectivity index (χ4n) is 2.72. The maximum absolute atomic E-state index is 12.3. The molecule has 0 fully saturated rings. The van der Waals surface area contributed by atoms with Crippen molar-refractivity contribution in [2.24, 2.45) is 4.99 Å². The van der Waals surface area contributed by atoms with Crippen molar-refractivity contribution in [3.8, 4) is 5.75 Å². The topological polar surface area (TPSA) is 100 Å². The van der Waals surface area contributed by atoms with Gasteiger partial charge < -0.3 is 14.3 Å². The van der Waals surface area contributed by atoms with Crippen LogP contribution in [0.15, 0.2) is 27.7 Å². The van der Waals surface area contributed by atoms with Crippen molar-refractivity contribution in [1.82, 2.24) is 9.99 Å². The zero-order valence-corrected chi connectivity index (χ0v) is 15.5. The smallest absolute Gasteiger partial charge is 0.347 e. The highest BCUT2D eigenvalue weighted by atomic mass is 16.5. The lowest BCUT2D eigenvalue weighted by Gasteiger charge is -2.19. The zero-order chi connectivity index (χ0) is 19.4. The molecule has 0 saturated carbocycles. The molecule has 3 heterocycles. The number of carbonyl (C=O) groups is 1. The Hall–Kier alpha value is -3.13. The van der Waals surface area contributed by atoms with Crippen LogP contribution in [0, 0.1) is 0 Å². The molecule has 0 aromatic carbocycles. The summed E-state index contributed by atoms with van der Waals surface area (Å²) >= 11 is 0. The first-order valence-electron chi connectivity index (χ1n) is 8.84. The summed E-state index contributed by atoms with van der Waals surface area (Å²) in [5.41, 5.74) is 4.54. The Kier molecular flexibility index (Phi) is 5.56. The largest absolute Gasteiger partial charge is 0.504 e. The molecule has 0 radical (unpaired) electrons. The average molecular weight is 370 g/mol. The minimum absolute atomic E-state index is 0.0306. The van der Waals surface area contributed by atoms with E-state index in [1.165, 1.54) is 0 Å². The van der Waals surface area contributed by atoms with Crippen molar-refractivity contribution in [2.45, 2.75) is 20.8 Å². The van der Waals surface area contributed by atoms with Crippen LogP contribution >= 0.6 is 0 Å². The molecule has 2 aromatic heterocycles. The Morgan fingerprint density at radius 3 is 2.85 bits per heavy atom. The molecule has 0 unspecified atom stereocenters. The molecular formula is C19H22N4O4. The van der Waals surface area contributed by atoms with Crippen LogP contribution in [0.1, 0.15) is 42.5 Å². The Morgan fingerprint density at radius 2 is 2.15 bits per heavy atom. The first kappa shape index (κ1) is 18.7. The number of ether oxygens (including phenoxy) is 1. The molecule has 1 aliphatic rings. The van der Waals surface area contributed by atoms with Crippen molar-refractivity contribution in [1.29, 1.82) is 0 Å². The minimum atomic E-state index is -0.653. The summed E-state index contributed by atoms with van der Waals surface area (Å²) in [6.07, 6.45) is 4.93. The van der Waals surface area contributed by atoms with Gasteiger partial charge in [-0.15, -0.1) is 0 Å². The van der Waals surface area contributed by atoms with Gasteiger partial charge >= 0.3 is 5.97 Å². The molecule has 0 saturated heterocycles. The number of fused-ring (bicyclic) bond motifs is 1. The van der Waals surface area contributed by atoms with Gasteiger partial charge in [0.25, 0.3) is 0 Å². The summed E-state index contributed by atoms with van der Waals surface area (Å²) in [4.78, 5) is 20.8. The van der Waals surface area contributed by atoms with Gasteiger partial charge in [0.05, 0.1) is 6.61 Å². The molecule has 8 nitrogen and oxygen atoms in total. The number of aliphatic imine (C=N–C) groups is 1. The lowest BCUT2D eigenvalue weighted by molar-refractivity contribution is 0.0523. The predicted molar refractivity (Wildman–Crippen MR) is 103 cm³/mol. The summed E-state index contributed by atoms with van der Waals surface area (Å²) < 4.78 is 10.8. The summed E-state index contributed by atoms with van der Waals surface area (Å²) in [6, 6.07) is 3.68. The van der Waals surface area contributed by atoms with Crippen LogP contribution in [0.5, 0.6) is 5.75 Å². The average Bonchev–Trinajstić information content (AvgIpc) is 3.21. The maximum atomic E-state index is 12.3. The van der Waals surface area contributed by atoms with Crippen molar-refractivity contribution < 1.29 is 19.1 Å². The van der Waals surface area contributed by atoms with E-state index in [0.29, 0.717) is 18.9 Å². The number of hydrogen-bond donors (Lipinski definition) is 2. The lowest BCUT2D eigenvalue weighted by atomic mass is 10.1. The van der Waals surface area contributed by atoms with Crippen molar-refractivity contribution >= 4 is 35.5 Å². The molecule has 3 rings (SSSR count). The highest BCUT2D eigenvalue weighted by molar-refractivity contribution is 6.21. The number of aromatic hydroxyl groups is 1. The molecule has 0 bridgehead atoms. The van der Waals surface area contributed by atoms with Gasteiger partial charge in [-0.1, -0.05) is 13.8 Å². The molecule has 2 N–H and O–H groups in total. The van der Waals surface area contributed by atoms with E-state index in [1.54, 1.807) is 31.5 Å². The molecule has 142 valence electrons. The van der Waals surface area contributed by atoms with Crippen LogP contribution in [0.25, 0.3) is 11.6 Å². The number of hydrogen-bond acceptors (Lipinski definition) is 8. The second-order valence-corrected chi connectivity index (χ2v) is 5.76. The van der Waals surface area contributed by atoms with Crippen molar-refractivity contribution in [3.05, 3.63) is 35.2 Å². The molecule has 0 spiro atoms. The van der Waals surface area contributed by atoms with Gasteiger partial charge in [-0.05, 0) is 25.1 Å². The highest BCUT2D eigenvalue weighted by Crippen LogP contribution is 2.38. The van der Waals surface area contributed by atoms with Gasteiger partial charge in [0.1, 0.15) is 0 Å². The second-order valence-electron chi connectivity index (χ2n) is 5.76. The van der Waals surface area contributed by atoms with Gasteiger partial charge in [-0.3, -0.25) is 5.43 Å². The van der Waals surface area contributed by atoms with Gasteiger partial charge in [0.2, 0.25) is 5.88 Å². The number of esters is 1. The van der Waals surface area contributed by atoms with Crippen LogP contribution in [0.4, 0.5) is 11.7 Å². The van der Waals surface area contributed by atoms with Crippen LogP contribution in [-0.4, -0.2) is 47.0 Å². The standard InChI is InChI=1S/C19H22N4O4/c1-4-23(5-2)22-18-15(19(25)26-6-3)16(24)14(27-18)10-12-11-21-17-13(12)8-7-9-20-17/h7-11,22,24H,4-6H2,1-3H3. The van der Waals surface area contributed by atoms with Gasteiger partial charge in [0.15, 0.2) is 22.9 Å². The Morgan fingerprint density at radius 1 is 1.37 bits per heavy atom. The van der Waals surface area contributed by atoms with E-state index in [1.807, 2.05) is 24.9 Å². The molecule has 8 heteroatoms. The summed E-state index contributed by atoms with van der Waals surface area (Å²) in [7, 11) is 0. The number of hydrazine groups is 1. The minimum Gasteiger partial charge on any atom is -0.504 e. The van der Waals surface area contributed by atoms with Crippen LogP contribution in [0.2, 0.25) is 0 Å². The Labute approximate surface area is 157 Å². The molecule has 0 aliphatic carbocycles. The van der Waals surface area contributed by atoms with E-state index in [2.05, 4.69) is 15.4 Å². The number of aromatic nitrogens is 1. The number of anilines is 1. The number of allylic oxidation sites excluding steroid dienone is 1. The van der Waals surface area contributed by atoms with E-state index in [0.717, 1.165) is 11.1 Å². The maximum Gasteiger partial charge on any atom is 0.347 e. The van der Waals surface area contributed by atoms with Gasteiger partial charge in [-0.2, -0.15) is 0 Å². The third kappa shape index (κ3) is 3.70. The Balaban J connectivity index is 2.03. The number of nitrogens with zero attached hydrogens (tertiary/aromatic N) is 3. The first-order chi connectivity index (χ1) is 13.1. The van der Waals surface area contributed by atoms with E-state index in [9.17, 15) is 9.90 Å². The van der Waals surface area contributed by atoms with E-state index in [4.69, 9.17) is 9.15 Å². The molecular weight excluding hydrogens is 348 g/mol.